The van der Waals surface area contributed by atoms with Crippen molar-refractivity contribution < 1.29 is 32.1 Å². The van der Waals surface area contributed by atoms with Crippen molar-refractivity contribution in [3.05, 3.63) is 62.6 Å². The molecule has 0 aliphatic rings. The van der Waals surface area contributed by atoms with E-state index in [9.17, 15) is 14.9 Å². The minimum absolute atomic E-state index is 0. The Morgan fingerprint density at radius 2 is 1.86 bits per heavy atom. The number of hydrogen-bond acceptors (Lipinski definition) is 4. The zero-order valence-electron chi connectivity index (χ0n) is 10.4. The summed E-state index contributed by atoms with van der Waals surface area (Å²) in [6.07, 6.45) is 0. The number of rotatable bonds is 3. The van der Waals surface area contributed by atoms with E-state index in [0.717, 1.165) is 4.47 Å². The van der Waals surface area contributed by atoms with Crippen LogP contribution in [0.25, 0.3) is 11.1 Å². The minimum Gasteiger partial charge on any atom is -0.813 e. The topological polar surface area (TPSA) is 86.2 Å². The molecule has 0 saturated heterocycles. The zero-order valence-corrected chi connectivity index (χ0v) is 14.4. The monoisotopic (exact) mass is 460 g/mol. The number of halogens is 1. The maximum absolute atomic E-state index is 11.4. The third kappa shape index (κ3) is 4.69. The molecule has 0 heterocycles. The van der Waals surface area contributed by atoms with Crippen LogP contribution < -0.4 is 5.73 Å². The maximum Gasteiger partial charge on any atom is 1.00 e. The molecule has 0 saturated carbocycles. The third-order valence-electron chi connectivity index (χ3n) is 2.62. The van der Waals surface area contributed by atoms with Crippen molar-refractivity contribution in [1.29, 1.82) is 0 Å². The van der Waals surface area contributed by atoms with Crippen LogP contribution in [0.15, 0.2) is 46.9 Å². The number of carbonyl (C=O) groups is 1. The molecule has 2 aromatic rings. The van der Waals surface area contributed by atoms with Gasteiger partial charge in [-0.3, -0.25) is 14.9 Å². The Morgan fingerprint density at radius 1 is 1.19 bits per heavy atom. The Balaban J connectivity index is 0.00000200. The van der Waals surface area contributed by atoms with Crippen LogP contribution >= 0.6 is 15.9 Å². The standard InChI is InChI=1S/C13H9BrN2O3.Ag.H2S/c14-9-4-5-11(13(15)17)12(7-9)8-2-1-3-10(6-8)16(18)19;;/h1-7H,(H2,15,17);;1H2/q;+1;/p-1. The van der Waals surface area contributed by atoms with Crippen LogP contribution in [0.5, 0.6) is 0 Å². The van der Waals surface area contributed by atoms with Crippen molar-refractivity contribution >= 4 is 41.0 Å². The van der Waals surface area contributed by atoms with Gasteiger partial charge < -0.3 is 19.2 Å². The molecule has 2 rings (SSSR count). The van der Waals surface area contributed by atoms with Crippen molar-refractivity contribution in [2.24, 2.45) is 5.73 Å². The molecule has 0 unspecified atom stereocenters. The van der Waals surface area contributed by atoms with Gasteiger partial charge in [0.2, 0.25) is 5.91 Å². The fourth-order valence-corrected chi connectivity index (χ4v) is 2.12. The van der Waals surface area contributed by atoms with Gasteiger partial charge in [-0.15, -0.1) is 0 Å². The van der Waals surface area contributed by atoms with E-state index < -0.39 is 10.8 Å². The summed E-state index contributed by atoms with van der Waals surface area (Å²) in [7, 11) is 0. The van der Waals surface area contributed by atoms with Gasteiger partial charge in [-0.25, -0.2) is 0 Å². The molecule has 0 atom stereocenters. The van der Waals surface area contributed by atoms with E-state index in [1.165, 1.54) is 12.1 Å². The molecule has 114 valence electrons. The van der Waals surface area contributed by atoms with Gasteiger partial charge in [-0.05, 0) is 29.3 Å². The molecule has 0 radical (unpaired) electrons. The van der Waals surface area contributed by atoms with Crippen molar-refractivity contribution in [3.63, 3.8) is 0 Å². The second-order valence-electron chi connectivity index (χ2n) is 3.86. The number of thiol groups is 1. The van der Waals surface area contributed by atoms with Crippen LogP contribution in [0.1, 0.15) is 10.4 Å². The van der Waals surface area contributed by atoms with Crippen LogP contribution in [-0.4, -0.2) is 10.8 Å². The van der Waals surface area contributed by atoms with Crippen LogP contribution in [-0.2, 0) is 35.9 Å². The first-order chi connectivity index (χ1) is 8.99. The number of nitro groups is 1. The summed E-state index contributed by atoms with van der Waals surface area (Å²) >= 11 is 3.30. The zero-order chi connectivity index (χ0) is 14.0. The minimum atomic E-state index is -0.575. The van der Waals surface area contributed by atoms with Gasteiger partial charge in [-0.2, -0.15) is 0 Å². The Labute approximate surface area is 152 Å². The number of nitrogens with two attached hydrogens (primary N) is 1. The van der Waals surface area contributed by atoms with E-state index in [1.54, 1.807) is 30.3 Å². The molecule has 2 N–H and O–H groups in total. The molecule has 0 fully saturated rings. The van der Waals surface area contributed by atoms with E-state index in [4.69, 9.17) is 5.73 Å². The van der Waals surface area contributed by atoms with E-state index in [2.05, 4.69) is 15.9 Å². The van der Waals surface area contributed by atoms with Gasteiger partial charge in [0, 0.05) is 22.2 Å². The summed E-state index contributed by atoms with van der Waals surface area (Å²) < 4.78 is 0.763. The smallest absolute Gasteiger partial charge is 0.813 e. The predicted octanol–water partition coefficient (Wildman–Crippen LogP) is 2.85. The van der Waals surface area contributed by atoms with E-state index in [-0.39, 0.29) is 41.6 Å². The molecule has 0 bridgehead atoms. The Hall–Kier alpha value is -1.12. The molecule has 2 aromatic carbocycles. The van der Waals surface area contributed by atoms with Crippen molar-refractivity contribution in [2.45, 2.75) is 0 Å². The second-order valence-corrected chi connectivity index (χ2v) is 4.78. The average molecular weight is 462 g/mol. The number of amides is 1. The van der Waals surface area contributed by atoms with Crippen LogP contribution in [0.2, 0.25) is 0 Å². The summed E-state index contributed by atoms with van der Waals surface area (Å²) in [5, 5.41) is 10.8. The fourth-order valence-electron chi connectivity index (χ4n) is 1.76. The van der Waals surface area contributed by atoms with Gasteiger partial charge in [0.05, 0.1) is 4.92 Å². The largest absolute Gasteiger partial charge is 1.00 e. The fraction of sp³-hybridized carbons (Fsp3) is 0. The number of benzene rings is 2. The molecule has 0 aliphatic heterocycles. The second kappa shape index (κ2) is 8.35. The Morgan fingerprint density at radius 3 is 2.43 bits per heavy atom. The first kappa shape index (κ1) is 19.9. The SMILES string of the molecule is NC(=O)c1ccc(Br)cc1-c1cccc([N+](=O)[O-])c1.[Ag+].[SH-]. The number of carbonyl (C=O) groups excluding carboxylic acids is 1. The number of nitro benzene ring substituents is 1. The molecule has 1 amide bonds. The van der Waals surface area contributed by atoms with Gasteiger partial charge in [0.25, 0.3) is 5.69 Å². The Bertz CT molecular complexity index is 682. The number of non-ortho nitro benzene ring substituents is 1. The van der Waals surface area contributed by atoms with Gasteiger partial charge >= 0.3 is 22.4 Å². The number of primary amides is 1. The van der Waals surface area contributed by atoms with Crippen LogP contribution in [0.3, 0.4) is 0 Å². The summed E-state index contributed by atoms with van der Waals surface area (Å²) in [5.41, 5.74) is 6.73. The normalized spacial score (nSPS) is 9.19. The molecule has 0 spiro atoms. The van der Waals surface area contributed by atoms with Crippen molar-refractivity contribution in [1.82, 2.24) is 0 Å². The maximum atomic E-state index is 11.4. The quantitative estimate of drug-likeness (QED) is 0.250. The van der Waals surface area contributed by atoms with Gasteiger partial charge in [0.1, 0.15) is 0 Å². The molecular weight excluding hydrogens is 452 g/mol. The summed E-state index contributed by atoms with van der Waals surface area (Å²) in [4.78, 5) is 21.7. The molecule has 5 nitrogen and oxygen atoms in total. The first-order valence-electron chi connectivity index (χ1n) is 5.33. The molecular formula is C13H10AgBrN2O3S. The average Bonchev–Trinajstić information content (AvgIpc) is 2.38. The molecule has 0 aromatic heterocycles. The first-order valence-corrected chi connectivity index (χ1v) is 6.12. The van der Waals surface area contributed by atoms with E-state index in [0.29, 0.717) is 16.7 Å². The van der Waals surface area contributed by atoms with Gasteiger partial charge in [0.15, 0.2) is 0 Å². The Kier molecular flexibility index (Phi) is 7.91. The number of hydrogen-bond donors (Lipinski definition) is 1. The van der Waals surface area contributed by atoms with Crippen molar-refractivity contribution in [3.8, 4) is 11.1 Å². The summed E-state index contributed by atoms with van der Waals surface area (Å²) in [6.45, 7) is 0. The van der Waals surface area contributed by atoms with E-state index >= 15 is 0 Å². The van der Waals surface area contributed by atoms with Crippen LogP contribution in [0, 0.1) is 10.1 Å². The third-order valence-corrected chi connectivity index (χ3v) is 3.11. The molecule has 0 aliphatic carbocycles. The van der Waals surface area contributed by atoms with Crippen LogP contribution in [0.4, 0.5) is 5.69 Å². The number of nitrogens with zero attached hydrogens (tertiary/aromatic N) is 1. The van der Waals surface area contributed by atoms with Crippen molar-refractivity contribution in [2.75, 3.05) is 0 Å². The van der Waals surface area contributed by atoms with Gasteiger partial charge in [-0.1, -0.05) is 28.1 Å². The summed E-state index contributed by atoms with van der Waals surface area (Å²) in [6, 6.07) is 11.1. The molecule has 21 heavy (non-hydrogen) atoms. The predicted molar refractivity (Wildman–Crippen MR) is 83.5 cm³/mol. The van der Waals surface area contributed by atoms with E-state index in [1.807, 2.05) is 0 Å². The summed E-state index contributed by atoms with van der Waals surface area (Å²) in [5.74, 6) is -0.575. The molecule has 8 heteroatoms.